The molecule has 1 aliphatic rings. The van der Waals surface area contributed by atoms with E-state index >= 15 is 0 Å². The molecule has 0 heterocycles. The van der Waals surface area contributed by atoms with E-state index in [0.29, 0.717) is 0 Å². The molecule has 0 spiro atoms. The van der Waals surface area contributed by atoms with E-state index in [9.17, 15) is 0 Å². The summed E-state index contributed by atoms with van der Waals surface area (Å²) in [6.45, 7) is 0. The molecule has 2 N–H and O–H groups in total. The Balaban J connectivity index is 1.91. The van der Waals surface area contributed by atoms with Crippen LogP contribution in [0.5, 0.6) is 0 Å². The van der Waals surface area contributed by atoms with E-state index in [4.69, 9.17) is 5.11 Å². The maximum absolute atomic E-state index is 8.78. The monoisotopic (exact) mass is 133 g/mol. The van der Waals surface area contributed by atoms with Gasteiger partial charge in [-0.1, -0.05) is 0 Å². The van der Waals surface area contributed by atoms with E-state index in [0.717, 1.165) is 12.8 Å². The van der Waals surface area contributed by atoms with Gasteiger partial charge in [0.1, 0.15) is 0 Å². The standard InChI is InChI=1S/C5H11NO3/c1-8-9-6-4-2-5(7)3-4/h4-7H,2-3H2,1H3. The van der Waals surface area contributed by atoms with Crippen LogP contribution < -0.4 is 5.48 Å². The number of nitrogens with one attached hydrogen (secondary N) is 1. The second-order valence-electron chi connectivity index (χ2n) is 2.19. The molecule has 1 fully saturated rings. The van der Waals surface area contributed by atoms with E-state index in [1.54, 1.807) is 0 Å². The third kappa shape index (κ3) is 1.91. The Hall–Kier alpha value is -0.160. The van der Waals surface area contributed by atoms with E-state index in [2.05, 4.69) is 15.4 Å². The molecule has 9 heavy (non-hydrogen) atoms. The van der Waals surface area contributed by atoms with Crippen LogP contribution in [0.25, 0.3) is 0 Å². The van der Waals surface area contributed by atoms with Crippen molar-refractivity contribution >= 4 is 0 Å². The fourth-order valence-corrected chi connectivity index (χ4v) is 0.800. The fourth-order valence-electron chi connectivity index (χ4n) is 0.800. The molecular formula is C5H11NO3. The molecule has 1 saturated carbocycles. The zero-order valence-corrected chi connectivity index (χ0v) is 5.33. The van der Waals surface area contributed by atoms with Gasteiger partial charge in [0.05, 0.1) is 13.2 Å². The maximum atomic E-state index is 8.78. The van der Waals surface area contributed by atoms with Crippen LogP contribution >= 0.6 is 0 Å². The van der Waals surface area contributed by atoms with Gasteiger partial charge in [-0.25, -0.2) is 4.89 Å². The molecule has 0 radical (unpaired) electrons. The normalized spacial score (nSPS) is 34.0. The number of hydrogen-bond acceptors (Lipinski definition) is 4. The first-order valence-electron chi connectivity index (χ1n) is 2.96. The minimum Gasteiger partial charge on any atom is -0.393 e. The number of hydroxylamine groups is 1. The molecular weight excluding hydrogens is 122 g/mol. The highest BCUT2D eigenvalue weighted by molar-refractivity contribution is 4.81. The van der Waals surface area contributed by atoms with Crippen LogP contribution in [0.2, 0.25) is 0 Å². The third-order valence-corrected chi connectivity index (χ3v) is 1.41. The first-order valence-corrected chi connectivity index (χ1v) is 2.96. The highest BCUT2D eigenvalue weighted by Gasteiger charge is 2.27. The van der Waals surface area contributed by atoms with Crippen LogP contribution in [-0.2, 0) is 9.88 Å². The lowest BCUT2D eigenvalue weighted by Crippen LogP contribution is -2.43. The van der Waals surface area contributed by atoms with Crippen molar-refractivity contribution in [3.63, 3.8) is 0 Å². The summed E-state index contributed by atoms with van der Waals surface area (Å²) in [6, 6.07) is 0.264. The summed E-state index contributed by atoms with van der Waals surface area (Å²) < 4.78 is 0. The summed E-state index contributed by atoms with van der Waals surface area (Å²) in [5.74, 6) is 0. The summed E-state index contributed by atoms with van der Waals surface area (Å²) in [7, 11) is 1.43. The van der Waals surface area contributed by atoms with Crippen molar-refractivity contribution in [1.29, 1.82) is 0 Å². The second-order valence-corrected chi connectivity index (χ2v) is 2.19. The summed E-state index contributed by atoms with van der Waals surface area (Å²) in [6.07, 6.45) is 1.36. The van der Waals surface area contributed by atoms with E-state index in [1.807, 2.05) is 0 Å². The number of rotatable bonds is 3. The van der Waals surface area contributed by atoms with Crippen LogP contribution in [-0.4, -0.2) is 24.4 Å². The lowest BCUT2D eigenvalue weighted by atomic mass is 9.90. The number of aliphatic hydroxyl groups is 1. The van der Waals surface area contributed by atoms with Gasteiger partial charge in [0.2, 0.25) is 0 Å². The Morgan fingerprint density at radius 2 is 2.22 bits per heavy atom. The minimum atomic E-state index is -0.150. The average molecular weight is 133 g/mol. The molecule has 0 aromatic heterocycles. The Morgan fingerprint density at radius 3 is 2.67 bits per heavy atom. The van der Waals surface area contributed by atoms with Gasteiger partial charge in [-0.15, -0.1) is 4.99 Å². The molecule has 4 nitrogen and oxygen atoms in total. The van der Waals surface area contributed by atoms with Crippen LogP contribution in [0.1, 0.15) is 12.8 Å². The highest BCUT2D eigenvalue weighted by atomic mass is 17.3. The lowest BCUT2D eigenvalue weighted by molar-refractivity contribution is -0.329. The molecule has 0 aliphatic heterocycles. The van der Waals surface area contributed by atoms with Gasteiger partial charge in [-0.3, -0.25) is 0 Å². The van der Waals surface area contributed by atoms with Gasteiger partial charge in [0, 0.05) is 6.04 Å². The summed E-state index contributed by atoms with van der Waals surface area (Å²) in [4.78, 5) is 8.72. The molecule has 54 valence electrons. The summed E-state index contributed by atoms with van der Waals surface area (Å²) >= 11 is 0. The van der Waals surface area contributed by atoms with Crippen LogP contribution in [0.15, 0.2) is 0 Å². The zero-order valence-electron chi connectivity index (χ0n) is 5.33. The molecule has 4 heteroatoms. The predicted molar refractivity (Wildman–Crippen MR) is 30.3 cm³/mol. The molecule has 0 saturated heterocycles. The molecule has 1 aliphatic carbocycles. The van der Waals surface area contributed by atoms with Gasteiger partial charge in [-0.2, -0.15) is 5.48 Å². The van der Waals surface area contributed by atoms with Crippen molar-refractivity contribution in [2.75, 3.05) is 7.11 Å². The van der Waals surface area contributed by atoms with Crippen molar-refractivity contribution in [2.24, 2.45) is 0 Å². The van der Waals surface area contributed by atoms with E-state index < -0.39 is 0 Å². The van der Waals surface area contributed by atoms with Crippen molar-refractivity contribution < 1.29 is 15.0 Å². The molecule has 0 bridgehead atoms. The number of aliphatic hydroxyl groups excluding tert-OH is 1. The third-order valence-electron chi connectivity index (χ3n) is 1.41. The molecule has 0 aromatic carbocycles. The zero-order chi connectivity index (χ0) is 6.69. The second kappa shape index (κ2) is 3.12. The Bertz CT molecular complexity index is 82.3. The van der Waals surface area contributed by atoms with Crippen LogP contribution in [0.3, 0.4) is 0 Å². The van der Waals surface area contributed by atoms with Gasteiger partial charge >= 0.3 is 0 Å². The Kier molecular flexibility index (Phi) is 2.41. The first-order chi connectivity index (χ1) is 4.33. The SMILES string of the molecule is COONC1CC(O)C1. The van der Waals surface area contributed by atoms with E-state index in [-0.39, 0.29) is 12.1 Å². The summed E-state index contributed by atoms with van der Waals surface area (Å²) in [5, 5.41) is 8.78. The maximum Gasteiger partial charge on any atom is 0.0732 e. The molecule has 0 unspecified atom stereocenters. The fraction of sp³-hybridized carbons (Fsp3) is 1.00. The van der Waals surface area contributed by atoms with Crippen molar-refractivity contribution in [3.05, 3.63) is 0 Å². The van der Waals surface area contributed by atoms with Gasteiger partial charge < -0.3 is 5.11 Å². The smallest absolute Gasteiger partial charge is 0.0732 e. The van der Waals surface area contributed by atoms with Crippen molar-refractivity contribution in [1.82, 2.24) is 5.48 Å². The van der Waals surface area contributed by atoms with Gasteiger partial charge in [-0.05, 0) is 12.8 Å². The van der Waals surface area contributed by atoms with Crippen molar-refractivity contribution in [2.45, 2.75) is 25.0 Å². The highest BCUT2D eigenvalue weighted by Crippen LogP contribution is 2.18. The molecule has 0 amide bonds. The van der Waals surface area contributed by atoms with Crippen LogP contribution in [0, 0.1) is 0 Å². The quantitative estimate of drug-likeness (QED) is 0.406. The van der Waals surface area contributed by atoms with Gasteiger partial charge in [0.15, 0.2) is 0 Å². The average Bonchev–Trinajstić information content (AvgIpc) is 1.78. The predicted octanol–water partition coefficient (Wildman–Crippen LogP) is -0.408. The van der Waals surface area contributed by atoms with Crippen molar-refractivity contribution in [3.8, 4) is 0 Å². The minimum absolute atomic E-state index is 0.150. The Morgan fingerprint density at radius 1 is 1.56 bits per heavy atom. The number of hydrogen-bond donors (Lipinski definition) is 2. The molecule has 0 aromatic rings. The molecule has 1 rings (SSSR count). The summed E-state index contributed by atoms with van der Waals surface area (Å²) in [5.41, 5.74) is 2.62. The van der Waals surface area contributed by atoms with Crippen LogP contribution in [0.4, 0.5) is 0 Å². The largest absolute Gasteiger partial charge is 0.393 e. The topological polar surface area (TPSA) is 50.7 Å². The first kappa shape index (κ1) is 6.95. The van der Waals surface area contributed by atoms with E-state index in [1.165, 1.54) is 7.11 Å². The van der Waals surface area contributed by atoms with Gasteiger partial charge in [0.25, 0.3) is 0 Å². The molecule has 0 atom stereocenters. The Labute approximate surface area is 53.6 Å². The lowest BCUT2D eigenvalue weighted by Gasteiger charge is -2.30.